The van der Waals surface area contributed by atoms with Gasteiger partial charge >= 0.3 is 0 Å². The second kappa shape index (κ2) is 8.11. The lowest BCUT2D eigenvalue weighted by Crippen LogP contribution is -2.24. The first-order valence-corrected chi connectivity index (χ1v) is 10.8. The molecule has 0 spiro atoms. The van der Waals surface area contributed by atoms with Crippen molar-refractivity contribution >= 4 is 38.7 Å². The molecule has 1 aliphatic rings. The van der Waals surface area contributed by atoms with Crippen molar-refractivity contribution in [3.63, 3.8) is 0 Å². The summed E-state index contributed by atoms with van der Waals surface area (Å²) in [6, 6.07) is 7.69. The third kappa shape index (κ3) is 4.40. The van der Waals surface area contributed by atoms with Crippen LogP contribution in [-0.4, -0.2) is 45.1 Å². The van der Waals surface area contributed by atoms with Gasteiger partial charge in [-0.3, -0.25) is 19.7 Å². The summed E-state index contributed by atoms with van der Waals surface area (Å²) in [5, 5.41) is 13.7. The fourth-order valence-electron chi connectivity index (χ4n) is 3.12. The van der Waals surface area contributed by atoms with Gasteiger partial charge in [-0.2, -0.15) is 0 Å². The molecule has 1 heterocycles. The van der Waals surface area contributed by atoms with Crippen LogP contribution in [0.2, 0.25) is 0 Å². The van der Waals surface area contributed by atoms with E-state index in [1.807, 2.05) is 0 Å². The Morgan fingerprint density at radius 3 is 2.53 bits per heavy atom. The first-order valence-electron chi connectivity index (χ1n) is 8.89. The first-order chi connectivity index (χ1) is 14.1. The van der Waals surface area contributed by atoms with E-state index in [1.165, 1.54) is 13.2 Å². The van der Waals surface area contributed by atoms with Crippen molar-refractivity contribution in [2.24, 2.45) is 0 Å². The van der Waals surface area contributed by atoms with Crippen LogP contribution < -0.4 is 15.0 Å². The third-order valence-corrected chi connectivity index (χ3v) is 5.69. The van der Waals surface area contributed by atoms with Crippen LogP contribution in [0.4, 0.5) is 17.1 Å². The van der Waals surface area contributed by atoms with E-state index in [4.69, 9.17) is 4.74 Å². The summed E-state index contributed by atoms with van der Waals surface area (Å²) < 4.78 is 29.0. The van der Waals surface area contributed by atoms with Gasteiger partial charge in [0.05, 0.1) is 22.6 Å². The van der Waals surface area contributed by atoms with Gasteiger partial charge in [0.2, 0.25) is 5.91 Å². The van der Waals surface area contributed by atoms with Gasteiger partial charge in [-0.15, -0.1) is 0 Å². The number of amides is 2. The van der Waals surface area contributed by atoms with Gasteiger partial charge in [-0.05, 0) is 24.6 Å². The molecule has 0 aromatic heterocycles. The van der Waals surface area contributed by atoms with Crippen LogP contribution in [0.3, 0.4) is 0 Å². The van der Waals surface area contributed by atoms with Crippen molar-refractivity contribution in [2.45, 2.75) is 17.7 Å². The van der Waals surface area contributed by atoms with E-state index >= 15 is 0 Å². The van der Waals surface area contributed by atoms with Crippen LogP contribution in [0.1, 0.15) is 23.2 Å². The highest BCUT2D eigenvalue weighted by Crippen LogP contribution is 2.34. The third-order valence-electron chi connectivity index (χ3n) is 4.59. The van der Waals surface area contributed by atoms with Gasteiger partial charge in [-0.25, -0.2) is 8.42 Å². The van der Waals surface area contributed by atoms with Crippen molar-refractivity contribution < 1.29 is 27.7 Å². The molecule has 0 radical (unpaired) electrons. The molecule has 30 heavy (non-hydrogen) atoms. The molecule has 0 bridgehead atoms. The number of nitro groups is 1. The molecule has 2 aromatic carbocycles. The summed E-state index contributed by atoms with van der Waals surface area (Å²) in [6.07, 6.45) is 2.10. The number of hydrogen-bond donors (Lipinski definition) is 1. The van der Waals surface area contributed by atoms with Crippen molar-refractivity contribution in [1.29, 1.82) is 0 Å². The number of methoxy groups -OCH3 is 1. The lowest BCUT2D eigenvalue weighted by atomic mass is 10.1. The molecule has 158 valence electrons. The van der Waals surface area contributed by atoms with E-state index in [1.54, 1.807) is 17.0 Å². The Balaban J connectivity index is 1.91. The lowest BCUT2D eigenvalue weighted by Gasteiger charge is -2.19. The van der Waals surface area contributed by atoms with Gasteiger partial charge in [-0.1, -0.05) is 0 Å². The monoisotopic (exact) mass is 433 g/mol. The molecular formula is C19H19N3O7S. The number of nitrogens with zero attached hydrogens (tertiary/aromatic N) is 2. The first kappa shape index (κ1) is 21.2. The minimum Gasteiger partial charge on any atom is -0.494 e. The van der Waals surface area contributed by atoms with E-state index in [2.05, 4.69) is 5.32 Å². The minimum absolute atomic E-state index is 0.0185. The van der Waals surface area contributed by atoms with Gasteiger partial charge in [0.1, 0.15) is 5.75 Å². The van der Waals surface area contributed by atoms with E-state index in [0.29, 0.717) is 30.1 Å². The Hall–Kier alpha value is -3.47. The average Bonchev–Trinajstić information content (AvgIpc) is 3.12. The maximum Gasteiger partial charge on any atom is 0.271 e. The highest BCUT2D eigenvalue weighted by atomic mass is 32.2. The SMILES string of the molecule is COc1cc(NC(=O)c2cc([N+](=O)[O-])cc(S(C)(=O)=O)c2)ccc1N1CCCC1=O. The zero-order chi connectivity index (χ0) is 22.1. The Kier molecular flexibility index (Phi) is 5.74. The zero-order valence-electron chi connectivity index (χ0n) is 16.2. The van der Waals surface area contributed by atoms with Gasteiger partial charge in [0.25, 0.3) is 11.6 Å². The molecule has 10 nitrogen and oxygen atoms in total. The number of non-ortho nitro benzene ring substituents is 1. The molecule has 3 rings (SSSR count). The van der Waals surface area contributed by atoms with Crippen LogP contribution >= 0.6 is 0 Å². The van der Waals surface area contributed by atoms with E-state index in [0.717, 1.165) is 30.9 Å². The number of anilines is 2. The van der Waals surface area contributed by atoms with Crippen molar-refractivity contribution in [1.82, 2.24) is 0 Å². The van der Waals surface area contributed by atoms with Crippen LogP contribution in [0.5, 0.6) is 5.75 Å². The quantitative estimate of drug-likeness (QED) is 0.545. The summed E-state index contributed by atoms with van der Waals surface area (Å²) in [6.45, 7) is 0.572. The second-order valence-electron chi connectivity index (χ2n) is 6.73. The number of carbonyl (C=O) groups excluding carboxylic acids is 2. The fourth-order valence-corrected chi connectivity index (χ4v) is 3.79. The molecule has 1 N–H and O–H groups in total. The number of carbonyl (C=O) groups is 2. The molecule has 0 aliphatic carbocycles. The standard InChI is InChI=1S/C19H19N3O7S/c1-29-17-10-13(5-6-16(17)21-7-3-4-18(21)23)20-19(24)12-8-14(22(25)26)11-15(9-12)30(2,27)28/h5-6,8-11H,3-4,7H2,1-2H3,(H,20,24). The summed E-state index contributed by atoms with van der Waals surface area (Å²) in [5.41, 5.74) is 0.207. The van der Waals surface area contributed by atoms with Crippen LogP contribution in [0, 0.1) is 10.1 Å². The highest BCUT2D eigenvalue weighted by Gasteiger charge is 2.25. The maximum atomic E-state index is 12.6. The van der Waals surface area contributed by atoms with Gasteiger partial charge < -0.3 is 15.0 Å². The van der Waals surface area contributed by atoms with Crippen molar-refractivity contribution in [2.75, 3.05) is 30.1 Å². The number of rotatable bonds is 6. The second-order valence-corrected chi connectivity index (χ2v) is 8.75. The molecule has 0 unspecified atom stereocenters. The van der Waals surface area contributed by atoms with Crippen LogP contribution in [0.15, 0.2) is 41.3 Å². The summed E-state index contributed by atoms with van der Waals surface area (Å²) >= 11 is 0. The number of nitrogens with one attached hydrogen (secondary N) is 1. The Labute approximate surface area is 172 Å². The van der Waals surface area contributed by atoms with Crippen molar-refractivity contribution in [3.8, 4) is 5.75 Å². The molecule has 1 aliphatic heterocycles. The Morgan fingerprint density at radius 2 is 1.97 bits per heavy atom. The topological polar surface area (TPSA) is 136 Å². The van der Waals surface area contributed by atoms with Gasteiger partial charge in [0.15, 0.2) is 9.84 Å². The summed E-state index contributed by atoms with van der Waals surface area (Å²) in [7, 11) is -2.33. The zero-order valence-corrected chi connectivity index (χ0v) is 17.1. The van der Waals surface area contributed by atoms with E-state index in [9.17, 15) is 28.1 Å². The molecule has 0 atom stereocenters. The Morgan fingerprint density at radius 1 is 1.23 bits per heavy atom. The fraction of sp³-hybridized carbons (Fsp3) is 0.263. The lowest BCUT2D eigenvalue weighted by molar-refractivity contribution is -0.385. The predicted molar refractivity (Wildman–Crippen MR) is 109 cm³/mol. The molecule has 0 saturated carbocycles. The minimum atomic E-state index is -3.76. The molecular weight excluding hydrogens is 414 g/mol. The number of hydrogen-bond acceptors (Lipinski definition) is 7. The Bertz CT molecular complexity index is 1140. The maximum absolute atomic E-state index is 12.6. The van der Waals surface area contributed by atoms with E-state index in [-0.39, 0.29) is 16.4 Å². The van der Waals surface area contributed by atoms with Crippen LogP contribution in [0.25, 0.3) is 0 Å². The molecule has 1 fully saturated rings. The normalized spacial score (nSPS) is 13.9. The van der Waals surface area contributed by atoms with E-state index < -0.39 is 26.4 Å². The molecule has 1 saturated heterocycles. The number of nitro benzene ring substituents is 1. The highest BCUT2D eigenvalue weighted by molar-refractivity contribution is 7.90. The average molecular weight is 433 g/mol. The van der Waals surface area contributed by atoms with Crippen molar-refractivity contribution in [3.05, 3.63) is 52.1 Å². The summed E-state index contributed by atoms with van der Waals surface area (Å²) in [4.78, 5) is 36.2. The number of ether oxygens (including phenoxy) is 1. The van der Waals surface area contributed by atoms with Gasteiger partial charge in [0, 0.05) is 48.7 Å². The largest absolute Gasteiger partial charge is 0.494 e. The summed E-state index contributed by atoms with van der Waals surface area (Å²) in [5.74, 6) is -0.371. The molecule has 11 heteroatoms. The number of benzene rings is 2. The molecule has 2 aromatic rings. The van der Waals surface area contributed by atoms with Crippen LogP contribution in [-0.2, 0) is 14.6 Å². The molecule has 2 amide bonds. The smallest absolute Gasteiger partial charge is 0.271 e. The number of sulfone groups is 1. The predicted octanol–water partition coefficient (Wildman–Crippen LogP) is 2.39.